The van der Waals surface area contributed by atoms with Gasteiger partial charge in [-0.25, -0.2) is 9.37 Å². The Morgan fingerprint density at radius 1 is 1.29 bits per heavy atom. The molecule has 3 rings (SSSR count). The zero-order valence-electron chi connectivity index (χ0n) is 18.2. The Balaban J connectivity index is 1.88. The number of aryl methyl sites for hydroxylation is 1. The van der Waals surface area contributed by atoms with E-state index in [1.807, 2.05) is 27.7 Å². The van der Waals surface area contributed by atoms with E-state index in [1.54, 1.807) is 17.6 Å². The highest BCUT2D eigenvalue weighted by atomic mass is 32.2. The average Bonchev–Trinajstić information content (AvgIpc) is 3.14. The molecule has 0 saturated heterocycles. The lowest BCUT2D eigenvalue weighted by Crippen LogP contribution is -2.25. The predicted molar refractivity (Wildman–Crippen MR) is 126 cm³/mol. The zero-order chi connectivity index (χ0) is 22.7. The maximum atomic E-state index is 13.5. The Labute approximate surface area is 188 Å². The Hall–Kier alpha value is -2.46. The number of hydrogen-bond acceptors (Lipinski definition) is 7. The third-order valence-corrected chi connectivity index (χ3v) is 6.82. The summed E-state index contributed by atoms with van der Waals surface area (Å²) in [5.41, 5.74) is 1.45. The van der Waals surface area contributed by atoms with Crippen molar-refractivity contribution in [3.8, 4) is 0 Å². The van der Waals surface area contributed by atoms with E-state index in [2.05, 4.69) is 20.2 Å². The maximum absolute atomic E-state index is 13.5. The lowest BCUT2D eigenvalue weighted by Gasteiger charge is -2.15. The van der Waals surface area contributed by atoms with Crippen LogP contribution in [0.4, 0.5) is 15.2 Å². The molecule has 2 heterocycles. The van der Waals surface area contributed by atoms with Gasteiger partial charge in [-0.3, -0.25) is 14.2 Å². The van der Waals surface area contributed by atoms with Crippen LogP contribution >= 0.6 is 23.1 Å². The van der Waals surface area contributed by atoms with E-state index in [0.717, 1.165) is 23.8 Å². The first-order chi connectivity index (χ1) is 14.7. The minimum Gasteiger partial charge on any atom is -0.349 e. The summed E-state index contributed by atoms with van der Waals surface area (Å²) in [6.45, 7) is 11.3. The number of amides is 1. The van der Waals surface area contributed by atoms with Crippen LogP contribution in [-0.4, -0.2) is 39.3 Å². The lowest BCUT2D eigenvalue weighted by atomic mass is 10.2. The molecule has 0 radical (unpaired) electrons. The Morgan fingerprint density at radius 3 is 2.65 bits per heavy atom. The summed E-state index contributed by atoms with van der Waals surface area (Å²) in [4.78, 5) is 36.8. The lowest BCUT2D eigenvalue weighted by molar-refractivity contribution is -0.113. The van der Waals surface area contributed by atoms with Gasteiger partial charge in [0.25, 0.3) is 5.56 Å². The predicted octanol–water partition coefficient (Wildman–Crippen LogP) is 4.46. The van der Waals surface area contributed by atoms with Crippen molar-refractivity contribution in [2.24, 2.45) is 0 Å². The van der Waals surface area contributed by atoms with Crippen LogP contribution in [0.5, 0.6) is 0 Å². The number of carbonyl (C=O) groups is 1. The maximum Gasteiger partial charge on any atom is 0.274 e. The van der Waals surface area contributed by atoms with Crippen molar-refractivity contribution in [1.82, 2.24) is 14.5 Å². The van der Waals surface area contributed by atoms with Crippen LogP contribution in [0.3, 0.4) is 0 Å². The fourth-order valence-corrected chi connectivity index (χ4v) is 5.08. The van der Waals surface area contributed by atoms with Crippen molar-refractivity contribution in [3.05, 3.63) is 39.9 Å². The second-order valence-corrected chi connectivity index (χ2v) is 9.20. The van der Waals surface area contributed by atoms with Crippen LogP contribution in [0, 0.1) is 12.7 Å². The van der Waals surface area contributed by atoms with E-state index in [9.17, 15) is 14.0 Å². The van der Waals surface area contributed by atoms with Crippen LogP contribution in [0.25, 0.3) is 10.3 Å². The molecule has 0 aliphatic carbocycles. The molecular formula is C21H26FN5O2S2. The van der Waals surface area contributed by atoms with Crippen molar-refractivity contribution in [3.63, 3.8) is 0 Å². The van der Waals surface area contributed by atoms with Crippen molar-refractivity contribution in [2.75, 3.05) is 29.1 Å². The van der Waals surface area contributed by atoms with Crippen molar-refractivity contribution >= 4 is 50.2 Å². The molecule has 0 aliphatic rings. The number of carbonyl (C=O) groups excluding carboxylic acids is 1. The van der Waals surface area contributed by atoms with E-state index in [1.165, 1.54) is 35.2 Å². The van der Waals surface area contributed by atoms with Gasteiger partial charge in [0.05, 0.1) is 5.75 Å². The van der Waals surface area contributed by atoms with Gasteiger partial charge in [0.15, 0.2) is 15.9 Å². The number of nitrogens with zero attached hydrogens (tertiary/aromatic N) is 4. The molecule has 1 amide bonds. The minimum atomic E-state index is -0.415. The van der Waals surface area contributed by atoms with E-state index in [0.29, 0.717) is 21.2 Å². The van der Waals surface area contributed by atoms with Gasteiger partial charge < -0.3 is 10.2 Å². The summed E-state index contributed by atoms with van der Waals surface area (Å²) >= 11 is 2.51. The van der Waals surface area contributed by atoms with Crippen molar-refractivity contribution in [2.45, 2.75) is 45.8 Å². The molecule has 0 aliphatic heterocycles. The molecule has 0 saturated carbocycles. The minimum absolute atomic E-state index is 0.0354. The number of benzene rings is 1. The van der Waals surface area contributed by atoms with Crippen LogP contribution in [0.15, 0.2) is 28.2 Å². The number of aromatic nitrogens is 3. The molecule has 0 unspecified atom stereocenters. The summed E-state index contributed by atoms with van der Waals surface area (Å²) in [5, 5.41) is 3.93. The van der Waals surface area contributed by atoms with E-state index in [4.69, 9.17) is 0 Å². The van der Waals surface area contributed by atoms with Gasteiger partial charge in [-0.2, -0.15) is 4.98 Å². The highest BCUT2D eigenvalue weighted by molar-refractivity contribution is 7.99. The first kappa shape index (κ1) is 23.2. The van der Waals surface area contributed by atoms with Crippen molar-refractivity contribution < 1.29 is 9.18 Å². The van der Waals surface area contributed by atoms with Gasteiger partial charge in [0.1, 0.15) is 10.5 Å². The van der Waals surface area contributed by atoms with Gasteiger partial charge in [0, 0.05) is 24.8 Å². The third-order valence-electron chi connectivity index (χ3n) is 4.78. The summed E-state index contributed by atoms with van der Waals surface area (Å²) in [7, 11) is 0. The number of hydrogen-bond donors (Lipinski definition) is 1. The van der Waals surface area contributed by atoms with Gasteiger partial charge in [-0.15, -0.1) is 0 Å². The van der Waals surface area contributed by atoms with Crippen LogP contribution < -0.4 is 15.8 Å². The quantitative estimate of drug-likeness (QED) is 0.392. The van der Waals surface area contributed by atoms with Gasteiger partial charge >= 0.3 is 0 Å². The molecule has 1 N–H and O–H groups in total. The third kappa shape index (κ3) is 5.07. The molecule has 0 spiro atoms. The van der Waals surface area contributed by atoms with Gasteiger partial charge in [0.2, 0.25) is 5.91 Å². The highest BCUT2D eigenvalue weighted by Crippen LogP contribution is 2.28. The largest absolute Gasteiger partial charge is 0.349 e. The topological polar surface area (TPSA) is 80.1 Å². The fourth-order valence-electron chi connectivity index (χ4n) is 3.09. The first-order valence-corrected chi connectivity index (χ1v) is 11.9. The second-order valence-electron chi connectivity index (χ2n) is 7.28. The van der Waals surface area contributed by atoms with Crippen LogP contribution in [0.1, 0.15) is 39.3 Å². The normalized spacial score (nSPS) is 11.3. The molecule has 31 heavy (non-hydrogen) atoms. The van der Waals surface area contributed by atoms with Gasteiger partial charge in [-0.05, 0) is 52.3 Å². The number of halogens is 1. The fraction of sp³-hybridized carbons (Fsp3) is 0.429. The van der Waals surface area contributed by atoms with E-state index < -0.39 is 5.82 Å². The first-order valence-electron chi connectivity index (χ1n) is 10.1. The zero-order valence-corrected chi connectivity index (χ0v) is 19.9. The standard InChI is InChI=1S/C21H26FN5O2S2/c1-6-26(7-2)20-24-18-17(31-20)19(29)27(12(3)4)21(25-18)30-11-16(28)23-15-10-14(22)9-8-13(15)5/h8-10,12H,6-7,11H2,1-5H3,(H,23,28). The molecule has 3 aromatic rings. The Morgan fingerprint density at radius 2 is 2.00 bits per heavy atom. The summed E-state index contributed by atoms with van der Waals surface area (Å²) < 4.78 is 15.6. The monoisotopic (exact) mass is 463 g/mol. The summed E-state index contributed by atoms with van der Waals surface area (Å²) in [5.74, 6) is -0.680. The molecule has 166 valence electrons. The van der Waals surface area contributed by atoms with E-state index >= 15 is 0 Å². The number of rotatable bonds is 8. The van der Waals surface area contributed by atoms with E-state index in [-0.39, 0.29) is 23.3 Å². The Kier molecular flexibility index (Phi) is 7.32. The second kappa shape index (κ2) is 9.78. The van der Waals surface area contributed by atoms with Crippen molar-refractivity contribution in [1.29, 1.82) is 0 Å². The molecule has 0 bridgehead atoms. The SMILES string of the molecule is CCN(CC)c1nc2nc(SCC(=O)Nc3cc(F)ccc3C)n(C(C)C)c(=O)c2s1. The summed E-state index contributed by atoms with van der Waals surface area (Å²) in [6, 6.07) is 4.12. The number of anilines is 2. The number of thiazole rings is 1. The highest BCUT2D eigenvalue weighted by Gasteiger charge is 2.20. The molecule has 0 atom stereocenters. The molecule has 1 aromatic carbocycles. The van der Waals surface area contributed by atoms with Gasteiger partial charge in [-0.1, -0.05) is 29.2 Å². The smallest absolute Gasteiger partial charge is 0.274 e. The molecular weight excluding hydrogens is 437 g/mol. The number of fused-ring (bicyclic) bond motifs is 1. The average molecular weight is 464 g/mol. The molecule has 7 nitrogen and oxygen atoms in total. The van der Waals surface area contributed by atoms with Crippen LogP contribution in [-0.2, 0) is 4.79 Å². The summed E-state index contributed by atoms with van der Waals surface area (Å²) in [6.07, 6.45) is 0. The van der Waals surface area contributed by atoms with Crippen LogP contribution in [0.2, 0.25) is 0 Å². The number of thioether (sulfide) groups is 1. The molecule has 2 aromatic heterocycles. The molecule has 0 fully saturated rings. The Bertz CT molecular complexity index is 1150. The molecule has 10 heteroatoms. The number of nitrogens with one attached hydrogen (secondary N) is 1.